The Kier molecular flexibility index (Phi) is 4.58. The van der Waals surface area contributed by atoms with Crippen LogP contribution in [0, 0.1) is 20.2 Å². The third kappa shape index (κ3) is 4.19. The third-order valence-electron chi connectivity index (χ3n) is 1.73. The van der Waals surface area contributed by atoms with Crippen LogP contribution in [0.2, 0.25) is 0 Å². The second-order valence-corrected chi connectivity index (χ2v) is 7.44. The van der Waals surface area contributed by atoms with Gasteiger partial charge in [0.05, 0.1) is 20.8 Å². The molecule has 0 heterocycles. The summed E-state index contributed by atoms with van der Waals surface area (Å²) in [6, 6.07) is 3.68. The van der Waals surface area contributed by atoms with Crippen molar-refractivity contribution in [2.45, 2.75) is 30.4 Å². The van der Waals surface area contributed by atoms with Gasteiger partial charge in [0.1, 0.15) is 0 Å². The van der Waals surface area contributed by atoms with Crippen molar-refractivity contribution in [3.8, 4) is 0 Å². The summed E-state index contributed by atoms with van der Waals surface area (Å²) in [5, 5.41) is 21.5. The summed E-state index contributed by atoms with van der Waals surface area (Å²) in [6.07, 6.45) is 0. The maximum absolute atomic E-state index is 10.9. The zero-order valence-corrected chi connectivity index (χ0v) is 11.7. The molecule has 18 heavy (non-hydrogen) atoms. The van der Waals surface area contributed by atoms with Crippen LogP contribution in [0.15, 0.2) is 23.1 Å². The second kappa shape index (κ2) is 5.57. The van der Waals surface area contributed by atoms with Crippen molar-refractivity contribution < 1.29 is 9.85 Å². The van der Waals surface area contributed by atoms with E-state index in [0.717, 1.165) is 6.07 Å². The van der Waals surface area contributed by atoms with Gasteiger partial charge in [-0.05, 0) is 16.9 Å². The predicted molar refractivity (Wildman–Crippen MR) is 73.0 cm³/mol. The summed E-state index contributed by atoms with van der Waals surface area (Å²) >= 11 is 0. The van der Waals surface area contributed by atoms with E-state index in [0.29, 0.717) is 4.90 Å². The van der Waals surface area contributed by atoms with Crippen LogP contribution in [-0.2, 0) is 0 Å². The van der Waals surface area contributed by atoms with Gasteiger partial charge in [0.2, 0.25) is 0 Å². The van der Waals surface area contributed by atoms with E-state index in [-0.39, 0.29) is 16.1 Å². The smallest absolute Gasteiger partial charge is 0.258 e. The van der Waals surface area contributed by atoms with E-state index in [1.165, 1.54) is 33.7 Å². The zero-order valence-electron chi connectivity index (χ0n) is 10.1. The summed E-state index contributed by atoms with van der Waals surface area (Å²) < 4.78 is -0.0552. The summed E-state index contributed by atoms with van der Waals surface area (Å²) in [6.45, 7) is 5.96. The molecular formula is C10H12N2O4S2. The maximum Gasteiger partial charge on any atom is 0.290 e. The number of nitro groups is 2. The molecule has 0 saturated heterocycles. The topological polar surface area (TPSA) is 86.3 Å². The van der Waals surface area contributed by atoms with Crippen molar-refractivity contribution in [3.05, 3.63) is 38.4 Å². The third-order valence-corrected chi connectivity index (χ3v) is 5.13. The van der Waals surface area contributed by atoms with Gasteiger partial charge < -0.3 is 0 Å². The predicted octanol–water partition coefficient (Wildman–Crippen LogP) is 4.04. The van der Waals surface area contributed by atoms with Gasteiger partial charge in [0, 0.05) is 10.8 Å². The molecule has 0 atom stereocenters. The number of hydrogen-bond acceptors (Lipinski definition) is 6. The van der Waals surface area contributed by atoms with Gasteiger partial charge in [-0.15, -0.1) is 0 Å². The Morgan fingerprint density at radius 2 is 1.72 bits per heavy atom. The molecular weight excluding hydrogens is 276 g/mol. The molecule has 0 aliphatic rings. The average Bonchev–Trinajstić information content (AvgIpc) is 2.24. The lowest BCUT2D eigenvalue weighted by atomic mass is 10.3. The van der Waals surface area contributed by atoms with E-state index in [1.807, 2.05) is 20.8 Å². The Hall–Kier alpha value is -1.28. The Morgan fingerprint density at radius 3 is 2.17 bits per heavy atom. The number of hydrogen-bond donors (Lipinski definition) is 0. The van der Waals surface area contributed by atoms with Gasteiger partial charge in [-0.25, -0.2) is 0 Å². The van der Waals surface area contributed by atoms with Crippen LogP contribution in [0.5, 0.6) is 0 Å². The number of rotatable bonds is 4. The van der Waals surface area contributed by atoms with E-state index in [9.17, 15) is 20.2 Å². The molecule has 0 saturated carbocycles. The molecule has 8 heteroatoms. The maximum atomic E-state index is 10.9. The van der Waals surface area contributed by atoms with Crippen molar-refractivity contribution in [1.82, 2.24) is 0 Å². The van der Waals surface area contributed by atoms with Crippen LogP contribution in [0.4, 0.5) is 11.4 Å². The van der Waals surface area contributed by atoms with Crippen molar-refractivity contribution in [2.75, 3.05) is 0 Å². The summed E-state index contributed by atoms with van der Waals surface area (Å²) in [5.74, 6) is 0. The molecule has 6 nitrogen and oxygen atoms in total. The molecule has 0 aliphatic heterocycles. The molecule has 1 rings (SSSR count). The molecule has 1 aromatic carbocycles. The Morgan fingerprint density at radius 1 is 1.11 bits per heavy atom. The van der Waals surface area contributed by atoms with E-state index >= 15 is 0 Å². The molecule has 0 aliphatic carbocycles. The van der Waals surface area contributed by atoms with E-state index in [1.54, 1.807) is 0 Å². The van der Waals surface area contributed by atoms with Gasteiger partial charge in [0.25, 0.3) is 11.4 Å². The molecule has 1 aromatic rings. The van der Waals surface area contributed by atoms with Gasteiger partial charge >= 0.3 is 0 Å². The molecule has 0 spiro atoms. The fraction of sp³-hybridized carbons (Fsp3) is 0.400. The van der Waals surface area contributed by atoms with Gasteiger partial charge in [-0.3, -0.25) is 20.2 Å². The average molecular weight is 288 g/mol. The standard InChI is InChI=1S/C10H12N2O4S2/c1-10(2,3)18-17-9-5-4-7(11(13)14)6-8(9)12(15)16/h4-6H,1-3H3. The molecule has 0 amide bonds. The lowest BCUT2D eigenvalue weighted by molar-refractivity contribution is -0.396. The van der Waals surface area contributed by atoms with E-state index < -0.39 is 9.85 Å². The molecule has 0 N–H and O–H groups in total. The monoisotopic (exact) mass is 288 g/mol. The fourth-order valence-corrected chi connectivity index (χ4v) is 3.13. The van der Waals surface area contributed by atoms with Crippen LogP contribution < -0.4 is 0 Å². The highest BCUT2D eigenvalue weighted by Gasteiger charge is 2.22. The number of nitrogens with zero attached hydrogens (tertiary/aromatic N) is 2. The molecule has 0 unspecified atom stereocenters. The Labute approximate surface area is 112 Å². The van der Waals surface area contributed by atoms with Crippen LogP contribution in [-0.4, -0.2) is 14.6 Å². The van der Waals surface area contributed by atoms with Crippen molar-refractivity contribution in [1.29, 1.82) is 0 Å². The Balaban J connectivity index is 3.05. The van der Waals surface area contributed by atoms with Gasteiger partial charge in [0.15, 0.2) is 0 Å². The first-order chi connectivity index (χ1) is 8.20. The Bertz CT molecular complexity index is 485. The van der Waals surface area contributed by atoms with Crippen molar-refractivity contribution in [2.24, 2.45) is 0 Å². The van der Waals surface area contributed by atoms with Gasteiger partial charge in [-0.1, -0.05) is 31.6 Å². The number of benzene rings is 1. The molecule has 0 radical (unpaired) electrons. The minimum absolute atomic E-state index is 0.0552. The van der Waals surface area contributed by atoms with Crippen LogP contribution in [0.25, 0.3) is 0 Å². The molecule has 0 fully saturated rings. The minimum Gasteiger partial charge on any atom is -0.258 e. The second-order valence-electron chi connectivity index (χ2n) is 4.45. The quantitative estimate of drug-likeness (QED) is 0.472. The normalized spacial score (nSPS) is 11.3. The highest BCUT2D eigenvalue weighted by Crippen LogP contribution is 2.44. The molecule has 0 bridgehead atoms. The van der Waals surface area contributed by atoms with E-state index in [2.05, 4.69) is 0 Å². The lowest BCUT2D eigenvalue weighted by Crippen LogP contribution is -2.04. The van der Waals surface area contributed by atoms with Crippen molar-refractivity contribution in [3.63, 3.8) is 0 Å². The van der Waals surface area contributed by atoms with Crippen LogP contribution in [0.1, 0.15) is 20.8 Å². The van der Waals surface area contributed by atoms with Gasteiger partial charge in [-0.2, -0.15) is 0 Å². The first-order valence-electron chi connectivity index (χ1n) is 4.99. The van der Waals surface area contributed by atoms with E-state index in [4.69, 9.17) is 0 Å². The number of non-ortho nitro benzene ring substituents is 1. The highest BCUT2D eigenvalue weighted by molar-refractivity contribution is 8.77. The lowest BCUT2D eigenvalue weighted by Gasteiger charge is -2.15. The number of nitro benzene ring substituents is 2. The zero-order chi connectivity index (χ0) is 13.9. The van der Waals surface area contributed by atoms with Crippen molar-refractivity contribution >= 4 is 33.0 Å². The minimum atomic E-state index is -0.641. The molecule has 0 aromatic heterocycles. The first-order valence-corrected chi connectivity index (χ1v) is 7.14. The largest absolute Gasteiger partial charge is 0.290 e. The molecule has 98 valence electrons. The highest BCUT2D eigenvalue weighted by atomic mass is 33.1. The first kappa shape index (κ1) is 14.8. The summed E-state index contributed by atoms with van der Waals surface area (Å²) in [5.41, 5.74) is -0.502. The SMILES string of the molecule is CC(C)(C)SSc1ccc([N+](=O)[O-])cc1[N+](=O)[O-]. The fourth-order valence-electron chi connectivity index (χ4n) is 1.00. The summed E-state index contributed by atoms with van der Waals surface area (Å²) in [7, 11) is 2.73. The van der Waals surface area contributed by atoms with Crippen LogP contribution >= 0.6 is 21.6 Å². The summed E-state index contributed by atoms with van der Waals surface area (Å²) in [4.78, 5) is 20.6. The van der Waals surface area contributed by atoms with Crippen LogP contribution in [0.3, 0.4) is 0 Å².